The molecule has 132 valence electrons. The number of aryl methyl sites for hydroxylation is 1. The molecule has 2 N–H and O–H groups in total. The highest BCUT2D eigenvalue weighted by Gasteiger charge is 2.24. The number of benzene rings is 1. The van der Waals surface area contributed by atoms with Crippen molar-refractivity contribution in [3.8, 4) is 5.75 Å². The van der Waals surface area contributed by atoms with Gasteiger partial charge in [0.15, 0.2) is 5.76 Å². The fraction of sp³-hybridized carbons (Fsp3) is 0.526. The first-order valence-corrected chi connectivity index (χ1v) is 8.31. The predicted octanol–water partition coefficient (Wildman–Crippen LogP) is 3.67. The first-order valence-electron chi connectivity index (χ1n) is 8.31. The van der Waals surface area contributed by atoms with E-state index < -0.39 is 5.60 Å². The van der Waals surface area contributed by atoms with Gasteiger partial charge in [-0.15, -0.1) is 0 Å². The maximum absolute atomic E-state index is 12.4. The summed E-state index contributed by atoms with van der Waals surface area (Å²) in [5.41, 5.74) is 0.483. The average molecular weight is 333 g/mol. The van der Waals surface area contributed by atoms with E-state index >= 15 is 0 Å². The van der Waals surface area contributed by atoms with E-state index in [1.54, 1.807) is 26.2 Å². The second-order valence-electron chi connectivity index (χ2n) is 7.03. The molecule has 2 rings (SSSR count). The molecule has 5 nitrogen and oxygen atoms in total. The van der Waals surface area contributed by atoms with Crippen molar-refractivity contribution >= 4 is 16.9 Å². The Kier molecular flexibility index (Phi) is 5.54. The zero-order valence-electron chi connectivity index (χ0n) is 15.1. The van der Waals surface area contributed by atoms with Crippen LogP contribution in [0.2, 0.25) is 0 Å². The smallest absolute Gasteiger partial charge is 0.287 e. The van der Waals surface area contributed by atoms with E-state index in [1.807, 2.05) is 13.0 Å². The summed E-state index contributed by atoms with van der Waals surface area (Å²) >= 11 is 0. The molecule has 24 heavy (non-hydrogen) atoms. The minimum Gasteiger partial charge on any atom is -0.497 e. The SMILES string of the molecule is COc1ccc2oc(C(=O)NCC(C)(O)CCC(C)C)c(C)c2c1. The van der Waals surface area contributed by atoms with Gasteiger partial charge in [0.05, 0.1) is 12.7 Å². The summed E-state index contributed by atoms with van der Waals surface area (Å²) in [6, 6.07) is 5.43. The van der Waals surface area contributed by atoms with E-state index in [1.165, 1.54) is 0 Å². The molecule has 0 aliphatic heterocycles. The molecule has 0 bridgehead atoms. The van der Waals surface area contributed by atoms with E-state index in [9.17, 15) is 9.90 Å². The summed E-state index contributed by atoms with van der Waals surface area (Å²) in [4.78, 5) is 12.4. The van der Waals surface area contributed by atoms with Gasteiger partial charge < -0.3 is 19.6 Å². The Bertz CT molecular complexity index is 715. The van der Waals surface area contributed by atoms with Crippen molar-refractivity contribution in [1.29, 1.82) is 0 Å². The third-order valence-corrected chi connectivity index (χ3v) is 4.24. The normalized spacial score (nSPS) is 14.0. The molecule has 0 spiro atoms. The Morgan fingerprint density at radius 3 is 2.75 bits per heavy atom. The highest BCUT2D eigenvalue weighted by atomic mass is 16.5. The maximum Gasteiger partial charge on any atom is 0.287 e. The van der Waals surface area contributed by atoms with Crippen molar-refractivity contribution in [1.82, 2.24) is 5.32 Å². The quantitative estimate of drug-likeness (QED) is 0.811. The molecule has 1 amide bonds. The van der Waals surface area contributed by atoms with Crippen LogP contribution < -0.4 is 10.1 Å². The Labute approximate surface area is 143 Å². The zero-order chi connectivity index (χ0) is 17.9. The summed E-state index contributed by atoms with van der Waals surface area (Å²) in [5, 5.41) is 14.0. The summed E-state index contributed by atoms with van der Waals surface area (Å²) in [7, 11) is 1.60. The van der Waals surface area contributed by atoms with Crippen LogP contribution in [0, 0.1) is 12.8 Å². The lowest BCUT2D eigenvalue weighted by atomic mass is 9.95. The topological polar surface area (TPSA) is 71.7 Å². The molecule has 5 heteroatoms. The number of amides is 1. The van der Waals surface area contributed by atoms with Crippen molar-refractivity contribution in [3.05, 3.63) is 29.5 Å². The van der Waals surface area contributed by atoms with Crippen LogP contribution in [0.5, 0.6) is 5.75 Å². The lowest BCUT2D eigenvalue weighted by Gasteiger charge is -2.24. The average Bonchev–Trinajstić information content (AvgIpc) is 2.87. The molecule has 0 aliphatic rings. The van der Waals surface area contributed by atoms with Gasteiger partial charge >= 0.3 is 0 Å². The van der Waals surface area contributed by atoms with Crippen molar-refractivity contribution < 1.29 is 19.1 Å². The minimum absolute atomic E-state index is 0.193. The molecule has 1 aromatic carbocycles. The van der Waals surface area contributed by atoms with E-state index in [-0.39, 0.29) is 18.2 Å². The molecule has 2 aromatic rings. The summed E-state index contributed by atoms with van der Waals surface area (Å²) in [5.74, 6) is 1.19. The molecular formula is C19H27NO4. The Morgan fingerprint density at radius 1 is 1.42 bits per heavy atom. The molecular weight excluding hydrogens is 306 g/mol. The summed E-state index contributed by atoms with van der Waals surface area (Å²) in [6.45, 7) is 8.00. The highest BCUT2D eigenvalue weighted by Crippen LogP contribution is 2.28. The molecule has 0 aliphatic carbocycles. The van der Waals surface area contributed by atoms with Crippen LogP contribution in [0.25, 0.3) is 11.0 Å². The Morgan fingerprint density at radius 2 is 2.12 bits per heavy atom. The lowest BCUT2D eigenvalue weighted by molar-refractivity contribution is 0.0424. The first kappa shape index (κ1) is 18.3. The van der Waals surface area contributed by atoms with Crippen molar-refractivity contribution in [3.63, 3.8) is 0 Å². The number of methoxy groups -OCH3 is 1. The molecule has 1 heterocycles. The number of rotatable bonds is 7. The van der Waals surface area contributed by atoms with Gasteiger partial charge in [0, 0.05) is 17.5 Å². The maximum atomic E-state index is 12.4. The van der Waals surface area contributed by atoms with Gasteiger partial charge in [0.1, 0.15) is 11.3 Å². The fourth-order valence-electron chi connectivity index (χ4n) is 2.58. The van der Waals surface area contributed by atoms with Crippen molar-refractivity contribution in [2.45, 2.75) is 46.1 Å². The zero-order valence-corrected chi connectivity index (χ0v) is 15.1. The number of hydrogen-bond acceptors (Lipinski definition) is 4. The predicted molar refractivity (Wildman–Crippen MR) is 94.5 cm³/mol. The van der Waals surface area contributed by atoms with Gasteiger partial charge in [-0.05, 0) is 50.8 Å². The van der Waals surface area contributed by atoms with Crippen LogP contribution in [0.15, 0.2) is 22.6 Å². The Balaban J connectivity index is 2.10. The van der Waals surface area contributed by atoms with E-state index in [4.69, 9.17) is 9.15 Å². The molecule has 0 radical (unpaired) electrons. The molecule has 0 fully saturated rings. The largest absolute Gasteiger partial charge is 0.497 e. The molecule has 1 aromatic heterocycles. The van der Waals surface area contributed by atoms with Crippen LogP contribution in [0.1, 0.15) is 49.7 Å². The lowest BCUT2D eigenvalue weighted by Crippen LogP contribution is -2.40. The van der Waals surface area contributed by atoms with Crippen molar-refractivity contribution in [2.24, 2.45) is 5.92 Å². The number of nitrogens with one attached hydrogen (secondary N) is 1. The van der Waals surface area contributed by atoms with Gasteiger partial charge in [0.2, 0.25) is 0 Å². The van der Waals surface area contributed by atoms with Gasteiger partial charge in [-0.25, -0.2) is 0 Å². The third kappa shape index (κ3) is 4.29. The van der Waals surface area contributed by atoms with Gasteiger partial charge in [-0.3, -0.25) is 4.79 Å². The second kappa shape index (κ2) is 7.26. The van der Waals surface area contributed by atoms with Crippen molar-refractivity contribution in [2.75, 3.05) is 13.7 Å². The number of carbonyl (C=O) groups excluding carboxylic acids is 1. The van der Waals surface area contributed by atoms with Crippen LogP contribution in [0.4, 0.5) is 0 Å². The molecule has 0 saturated carbocycles. The number of ether oxygens (including phenoxy) is 1. The number of hydrogen-bond donors (Lipinski definition) is 2. The minimum atomic E-state index is -0.928. The second-order valence-corrected chi connectivity index (χ2v) is 7.03. The number of aliphatic hydroxyl groups is 1. The van der Waals surface area contributed by atoms with E-state index in [0.29, 0.717) is 17.9 Å². The standard InChI is InChI=1S/C19H27NO4/c1-12(2)8-9-19(4,22)11-20-18(21)17-13(3)15-10-14(23-5)6-7-16(15)24-17/h6-7,10,12,22H,8-9,11H2,1-5H3,(H,20,21). The van der Waals surface area contributed by atoms with Crippen LogP contribution in [0.3, 0.4) is 0 Å². The molecule has 1 unspecified atom stereocenters. The Hall–Kier alpha value is -2.01. The molecule has 1 atom stereocenters. The summed E-state index contributed by atoms with van der Waals surface area (Å²) in [6.07, 6.45) is 1.55. The van der Waals surface area contributed by atoms with E-state index in [2.05, 4.69) is 19.2 Å². The first-order chi connectivity index (χ1) is 11.2. The van der Waals surface area contributed by atoms with Gasteiger partial charge in [0.25, 0.3) is 5.91 Å². The number of carbonyl (C=O) groups is 1. The fourth-order valence-corrected chi connectivity index (χ4v) is 2.58. The number of furan rings is 1. The van der Waals surface area contributed by atoms with E-state index in [0.717, 1.165) is 23.1 Å². The van der Waals surface area contributed by atoms with Crippen LogP contribution in [-0.2, 0) is 0 Å². The monoisotopic (exact) mass is 333 g/mol. The van der Waals surface area contributed by atoms with Gasteiger partial charge in [-0.1, -0.05) is 13.8 Å². The molecule has 0 saturated heterocycles. The summed E-state index contributed by atoms with van der Waals surface area (Å²) < 4.78 is 10.9. The third-order valence-electron chi connectivity index (χ3n) is 4.24. The highest BCUT2D eigenvalue weighted by molar-refractivity contribution is 5.99. The van der Waals surface area contributed by atoms with Gasteiger partial charge in [-0.2, -0.15) is 0 Å². The van der Waals surface area contributed by atoms with Crippen LogP contribution >= 0.6 is 0 Å². The number of fused-ring (bicyclic) bond motifs is 1. The van der Waals surface area contributed by atoms with Crippen LogP contribution in [-0.4, -0.2) is 30.3 Å².